The predicted molar refractivity (Wildman–Crippen MR) is 112 cm³/mol. The van der Waals surface area contributed by atoms with E-state index in [4.69, 9.17) is 9.73 Å². The monoisotopic (exact) mass is 438 g/mol. The molecule has 26 heavy (non-hydrogen) atoms. The molecule has 4 nitrogen and oxygen atoms in total. The van der Waals surface area contributed by atoms with Gasteiger partial charge >= 0.3 is 6.09 Å². The number of amides is 1. The second kappa shape index (κ2) is 6.86. The summed E-state index contributed by atoms with van der Waals surface area (Å²) in [5.41, 5.74) is 2.01. The summed E-state index contributed by atoms with van der Waals surface area (Å²) in [5.74, 6) is 0.927. The summed E-state index contributed by atoms with van der Waals surface area (Å²) in [7, 11) is 0. The standard InChI is InChI=1S/C20H27BrN2O2S/c1-18(2,3)25-17(24)22-16-23-20(8-9-26-16)12-19(4,5)11-13-6-7-14(21)10-15(13)20/h6-7,10H,8-9,11-12H2,1-5H3,(H,22,23,24). The highest BCUT2D eigenvalue weighted by Gasteiger charge is 2.45. The minimum Gasteiger partial charge on any atom is -0.444 e. The molecule has 0 bridgehead atoms. The van der Waals surface area contributed by atoms with Crippen LogP contribution < -0.4 is 5.32 Å². The Hall–Kier alpha value is -1.01. The molecule has 1 spiro atoms. The van der Waals surface area contributed by atoms with Gasteiger partial charge in [0.05, 0.1) is 5.54 Å². The van der Waals surface area contributed by atoms with E-state index in [9.17, 15) is 4.79 Å². The third-order valence-corrected chi connectivity index (χ3v) is 6.06. The lowest BCUT2D eigenvalue weighted by Gasteiger charge is -2.45. The van der Waals surface area contributed by atoms with E-state index in [1.807, 2.05) is 20.8 Å². The highest BCUT2D eigenvalue weighted by atomic mass is 79.9. The highest BCUT2D eigenvalue weighted by molar-refractivity contribution is 9.10. The van der Waals surface area contributed by atoms with E-state index in [2.05, 4.69) is 53.3 Å². The molecule has 1 aromatic carbocycles. The van der Waals surface area contributed by atoms with Crippen molar-refractivity contribution in [2.24, 2.45) is 10.4 Å². The van der Waals surface area contributed by atoms with Gasteiger partial charge in [-0.15, -0.1) is 0 Å². The minimum absolute atomic E-state index is 0.170. The number of carbonyl (C=O) groups is 1. The maximum atomic E-state index is 12.2. The number of nitrogens with zero attached hydrogens (tertiary/aromatic N) is 1. The number of rotatable bonds is 0. The van der Waals surface area contributed by atoms with Gasteiger partial charge in [0.2, 0.25) is 0 Å². The Bertz CT molecular complexity index is 755. The molecule has 1 heterocycles. The predicted octanol–water partition coefficient (Wildman–Crippen LogP) is 5.63. The summed E-state index contributed by atoms with van der Waals surface area (Å²) < 4.78 is 6.47. The van der Waals surface area contributed by atoms with Crippen molar-refractivity contribution in [2.75, 3.05) is 5.75 Å². The minimum atomic E-state index is -0.522. The van der Waals surface area contributed by atoms with Gasteiger partial charge in [-0.2, -0.15) is 0 Å². The summed E-state index contributed by atoms with van der Waals surface area (Å²) in [6.07, 6.45) is 2.56. The van der Waals surface area contributed by atoms with Gasteiger partial charge in [0.15, 0.2) is 5.17 Å². The molecule has 0 saturated carbocycles. The SMILES string of the molecule is CC1(C)Cc2ccc(Br)cc2C2(CCSC(NC(=O)OC(C)(C)C)=N2)C1. The number of hydrogen-bond acceptors (Lipinski definition) is 4. The van der Waals surface area contributed by atoms with Crippen LogP contribution in [0.5, 0.6) is 0 Å². The lowest BCUT2D eigenvalue weighted by molar-refractivity contribution is 0.0564. The van der Waals surface area contributed by atoms with Crippen LogP contribution >= 0.6 is 27.7 Å². The Balaban J connectivity index is 1.95. The molecule has 3 rings (SSSR count). The third-order valence-electron chi connectivity index (χ3n) is 4.69. The number of aliphatic imine (C=N–C) groups is 1. The molecular formula is C20H27BrN2O2S. The molecule has 1 N–H and O–H groups in total. The molecule has 2 aliphatic rings. The van der Waals surface area contributed by atoms with Crippen molar-refractivity contribution in [3.8, 4) is 0 Å². The van der Waals surface area contributed by atoms with Gasteiger partial charge in [-0.05, 0) is 68.7 Å². The molecule has 1 unspecified atom stereocenters. The summed E-state index contributed by atoms with van der Waals surface area (Å²) in [6.45, 7) is 10.2. The molecule has 1 aliphatic heterocycles. The quantitative estimate of drug-likeness (QED) is 0.570. The number of carbonyl (C=O) groups excluding carboxylic acids is 1. The van der Waals surface area contributed by atoms with Gasteiger partial charge in [0.25, 0.3) is 0 Å². The summed E-state index contributed by atoms with van der Waals surface area (Å²) in [6, 6.07) is 6.52. The molecule has 1 aliphatic carbocycles. The summed E-state index contributed by atoms with van der Waals surface area (Å²) in [4.78, 5) is 17.3. The zero-order chi connectivity index (χ0) is 19.2. The van der Waals surface area contributed by atoms with E-state index < -0.39 is 11.7 Å². The molecule has 142 valence electrons. The van der Waals surface area contributed by atoms with Crippen LogP contribution in [0.2, 0.25) is 0 Å². The van der Waals surface area contributed by atoms with Gasteiger partial charge in [-0.25, -0.2) is 4.79 Å². The van der Waals surface area contributed by atoms with Gasteiger partial charge < -0.3 is 4.74 Å². The van der Waals surface area contributed by atoms with E-state index in [0.29, 0.717) is 5.17 Å². The van der Waals surface area contributed by atoms with E-state index in [0.717, 1.165) is 29.5 Å². The molecule has 6 heteroatoms. The van der Waals surface area contributed by atoms with Gasteiger partial charge in [0, 0.05) is 10.2 Å². The van der Waals surface area contributed by atoms with Gasteiger partial charge in [0.1, 0.15) is 5.60 Å². The van der Waals surface area contributed by atoms with Gasteiger partial charge in [-0.1, -0.05) is 47.6 Å². The molecule has 0 fully saturated rings. The maximum absolute atomic E-state index is 12.2. The second-order valence-corrected chi connectivity index (χ2v) is 11.0. The van der Waals surface area contributed by atoms with Crippen LogP contribution in [0.25, 0.3) is 0 Å². The number of benzene rings is 1. The Kier molecular flexibility index (Phi) is 5.21. The lowest BCUT2D eigenvalue weighted by Crippen LogP contribution is -2.43. The second-order valence-electron chi connectivity index (χ2n) is 8.99. The Morgan fingerprint density at radius 3 is 2.77 bits per heavy atom. The van der Waals surface area contributed by atoms with E-state index in [1.54, 1.807) is 11.8 Å². The molecule has 1 amide bonds. The van der Waals surface area contributed by atoms with Crippen molar-refractivity contribution in [3.05, 3.63) is 33.8 Å². The lowest BCUT2D eigenvalue weighted by atomic mass is 9.64. The molecule has 0 aromatic heterocycles. The number of alkyl carbamates (subject to hydrolysis) is 1. The number of ether oxygens (including phenoxy) is 1. The summed E-state index contributed by atoms with van der Waals surface area (Å²) in [5, 5.41) is 3.52. The Morgan fingerprint density at radius 1 is 1.35 bits per heavy atom. The number of halogens is 1. The fourth-order valence-electron chi connectivity index (χ4n) is 3.98. The van der Waals surface area contributed by atoms with Crippen LogP contribution in [0.15, 0.2) is 27.7 Å². The maximum Gasteiger partial charge on any atom is 0.413 e. The Labute approximate surface area is 168 Å². The van der Waals surface area contributed by atoms with Crippen molar-refractivity contribution < 1.29 is 9.53 Å². The number of fused-ring (bicyclic) bond motifs is 2. The molecule has 1 aromatic rings. The zero-order valence-electron chi connectivity index (χ0n) is 16.1. The van der Waals surface area contributed by atoms with Crippen LogP contribution in [-0.4, -0.2) is 22.6 Å². The zero-order valence-corrected chi connectivity index (χ0v) is 18.5. The topological polar surface area (TPSA) is 50.7 Å². The molecule has 1 atom stereocenters. The first-order chi connectivity index (χ1) is 12.0. The third kappa shape index (κ3) is 4.45. The molecule has 0 radical (unpaired) electrons. The number of hydrogen-bond donors (Lipinski definition) is 1. The number of amidine groups is 1. The van der Waals surface area contributed by atoms with E-state index in [1.165, 1.54) is 11.1 Å². The highest BCUT2D eigenvalue weighted by Crippen LogP contribution is 2.51. The Morgan fingerprint density at radius 2 is 2.08 bits per heavy atom. The normalized spacial score (nSPS) is 24.6. The van der Waals surface area contributed by atoms with Crippen molar-refractivity contribution >= 4 is 39.0 Å². The first-order valence-electron chi connectivity index (χ1n) is 9.00. The molecular weight excluding hydrogens is 412 g/mol. The van der Waals surface area contributed by atoms with Gasteiger partial charge in [-0.3, -0.25) is 10.3 Å². The largest absolute Gasteiger partial charge is 0.444 e. The van der Waals surface area contributed by atoms with Crippen LogP contribution in [0.3, 0.4) is 0 Å². The van der Waals surface area contributed by atoms with Crippen molar-refractivity contribution in [1.29, 1.82) is 0 Å². The van der Waals surface area contributed by atoms with Crippen molar-refractivity contribution in [3.63, 3.8) is 0 Å². The molecule has 0 saturated heterocycles. The number of nitrogens with one attached hydrogen (secondary N) is 1. The average molecular weight is 439 g/mol. The van der Waals surface area contributed by atoms with Crippen molar-refractivity contribution in [1.82, 2.24) is 5.32 Å². The number of thioether (sulfide) groups is 1. The summed E-state index contributed by atoms with van der Waals surface area (Å²) >= 11 is 5.20. The van der Waals surface area contributed by atoms with Crippen LogP contribution in [-0.2, 0) is 16.7 Å². The smallest absolute Gasteiger partial charge is 0.413 e. The van der Waals surface area contributed by atoms with E-state index in [-0.39, 0.29) is 11.0 Å². The van der Waals surface area contributed by atoms with E-state index >= 15 is 0 Å². The van der Waals surface area contributed by atoms with Crippen LogP contribution in [0.4, 0.5) is 4.79 Å². The average Bonchev–Trinajstić information content (AvgIpc) is 2.45. The van der Waals surface area contributed by atoms with Crippen molar-refractivity contribution in [2.45, 2.75) is 65.0 Å². The fourth-order valence-corrected chi connectivity index (χ4v) is 5.37. The first-order valence-corrected chi connectivity index (χ1v) is 10.8. The van der Waals surface area contributed by atoms with Crippen LogP contribution in [0, 0.1) is 5.41 Å². The van der Waals surface area contributed by atoms with Crippen LogP contribution in [0.1, 0.15) is 58.6 Å². The fraction of sp³-hybridized carbons (Fsp3) is 0.600. The first kappa shape index (κ1) is 19.7.